The molecule has 2 rings (SSSR count). The van der Waals surface area contributed by atoms with E-state index in [1.165, 1.54) is 32.1 Å². The summed E-state index contributed by atoms with van der Waals surface area (Å²) >= 11 is 0. The first-order chi connectivity index (χ1) is 9.92. The largest absolute Gasteiger partial charge is 0.444 e. The number of hydrogen-bond donors (Lipinski definition) is 1. The van der Waals surface area contributed by atoms with Crippen LogP contribution >= 0.6 is 0 Å². The molecule has 1 aliphatic heterocycles. The summed E-state index contributed by atoms with van der Waals surface area (Å²) in [6, 6.07) is 0.291. The number of rotatable bonds is 2. The van der Waals surface area contributed by atoms with Gasteiger partial charge in [0.1, 0.15) is 5.60 Å². The van der Waals surface area contributed by atoms with Gasteiger partial charge in [-0.25, -0.2) is 4.79 Å². The van der Waals surface area contributed by atoms with Gasteiger partial charge in [0.15, 0.2) is 0 Å². The van der Waals surface area contributed by atoms with E-state index in [9.17, 15) is 4.79 Å². The highest BCUT2D eigenvalue weighted by Crippen LogP contribution is 2.37. The highest BCUT2D eigenvalue weighted by atomic mass is 16.6. The zero-order valence-corrected chi connectivity index (χ0v) is 13.9. The third kappa shape index (κ3) is 4.35. The average molecular weight is 296 g/mol. The summed E-state index contributed by atoms with van der Waals surface area (Å²) < 4.78 is 5.64. The Balaban J connectivity index is 2.13. The molecule has 0 aromatic carbocycles. The zero-order chi connectivity index (χ0) is 15.5. The molecule has 1 heterocycles. The fourth-order valence-electron chi connectivity index (χ4n) is 4.00. The molecule has 0 spiro atoms. The van der Waals surface area contributed by atoms with Gasteiger partial charge in [-0.1, -0.05) is 19.3 Å². The first kappa shape index (κ1) is 16.6. The van der Waals surface area contributed by atoms with Gasteiger partial charge in [-0.3, -0.25) is 0 Å². The fraction of sp³-hybridized carbons (Fsp3) is 0.941. The Bertz CT molecular complexity index is 345. The number of ether oxygens (including phenoxy) is 1. The fourth-order valence-corrected chi connectivity index (χ4v) is 4.00. The van der Waals surface area contributed by atoms with Crippen LogP contribution < -0.4 is 5.73 Å². The van der Waals surface area contributed by atoms with E-state index in [0.29, 0.717) is 24.4 Å². The minimum Gasteiger partial charge on any atom is -0.444 e. The lowest BCUT2D eigenvalue weighted by atomic mass is 9.75. The van der Waals surface area contributed by atoms with Crippen LogP contribution in [-0.2, 0) is 4.74 Å². The summed E-state index contributed by atoms with van der Waals surface area (Å²) in [7, 11) is 0. The molecule has 122 valence electrons. The maximum Gasteiger partial charge on any atom is 0.410 e. The van der Waals surface area contributed by atoms with Crippen LogP contribution in [0.15, 0.2) is 0 Å². The molecule has 0 bridgehead atoms. The van der Waals surface area contributed by atoms with Gasteiger partial charge in [0.25, 0.3) is 0 Å². The summed E-state index contributed by atoms with van der Waals surface area (Å²) in [5.41, 5.74) is 5.58. The van der Waals surface area contributed by atoms with Crippen molar-refractivity contribution in [2.45, 2.75) is 77.4 Å². The van der Waals surface area contributed by atoms with Crippen LogP contribution in [0.2, 0.25) is 0 Å². The van der Waals surface area contributed by atoms with Crippen molar-refractivity contribution < 1.29 is 9.53 Å². The molecule has 2 N–H and O–H groups in total. The lowest BCUT2D eigenvalue weighted by Crippen LogP contribution is -2.55. The van der Waals surface area contributed by atoms with Gasteiger partial charge >= 0.3 is 6.09 Å². The molecule has 0 aromatic heterocycles. The monoisotopic (exact) mass is 296 g/mol. The second-order valence-corrected chi connectivity index (χ2v) is 7.70. The first-order valence-electron chi connectivity index (χ1n) is 8.62. The van der Waals surface area contributed by atoms with Crippen molar-refractivity contribution in [3.05, 3.63) is 0 Å². The second-order valence-electron chi connectivity index (χ2n) is 7.70. The topological polar surface area (TPSA) is 55.6 Å². The van der Waals surface area contributed by atoms with Gasteiger partial charge in [-0.05, 0) is 64.8 Å². The van der Waals surface area contributed by atoms with Crippen LogP contribution in [0, 0.1) is 11.8 Å². The van der Waals surface area contributed by atoms with E-state index in [1.807, 2.05) is 25.7 Å². The zero-order valence-electron chi connectivity index (χ0n) is 13.9. The van der Waals surface area contributed by atoms with Crippen LogP contribution in [-0.4, -0.2) is 35.7 Å². The van der Waals surface area contributed by atoms with Crippen molar-refractivity contribution in [1.29, 1.82) is 0 Å². The van der Waals surface area contributed by atoms with E-state index in [2.05, 4.69) is 0 Å². The molecule has 1 saturated heterocycles. The minimum atomic E-state index is -0.427. The van der Waals surface area contributed by atoms with Crippen LogP contribution in [0.25, 0.3) is 0 Å². The molecule has 1 saturated carbocycles. The van der Waals surface area contributed by atoms with Gasteiger partial charge in [-0.15, -0.1) is 0 Å². The molecule has 2 unspecified atom stereocenters. The molecule has 4 heteroatoms. The van der Waals surface area contributed by atoms with Gasteiger partial charge in [0.05, 0.1) is 0 Å². The van der Waals surface area contributed by atoms with Crippen molar-refractivity contribution in [3.63, 3.8) is 0 Å². The summed E-state index contributed by atoms with van der Waals surface area (Å²) in [6.45, 7) is 7.31. The standard InChI is InChI=1S/C17H32N2O2/c1-17(2,3)21-16(20)19-11-7-10-14(12-18)15(19)13-8-5-4-6-9-13/h13-15H,4-12,18H2,1-3H3. The Hall–Kier alpha value is -0.770. The third-order valence-electron chi connectivity index (χ3n) is 4.88. The number of hydrogen-bond acceptors (Lipinski definition) is 3. The molecule has 2 aliphatic rings. The predicted molar refractivity (Wildman–Crippen MR) is 85.1 cm³/mol. The highest BCUT2D eigenvalue weighted by Gasteiger charge is 2.40. The molecule has 1 amide bonds. The summed E-state index contributed by atoms with van der Waals surface area (Å²) in [5, 5.41) is 0. The van der Waals surface area contributed by atoms with Gasteiger partial charge in [0, 0.05) is 12.6 Å². The van der Waals surface area contributed by atoms with Crippen molar-refractivity contribution >= 4 is 6.09 Å². The maximum atomic E-state index is 12.6. The summed E-state index contributed by atoms with van der Waals surface area (Å²) in [6.07, 6.45) is 8.45. The van der Waals surface area contributed by atoms with Gasteiger partial charge in [0.2, 0.25) is 0 Å². The first-order valence-corrected chi connectivity index (χ1v) is 8.62. The van der Waals surface area contributed by atoms with E-state index in [0.717, 1.165) is 19.4 Å². The van der Waals surface area contributed by atoms with Crippen molar-refractivity contribution in [2.24, 2.45) is 17.6 Å². The van der Waals surface area contributed by atoms with Crippen LogP contribution in [0.4, 0.5) is 4.79 Å². The smallest absolute Gasteiger partial charge is 0.410 e. The molecular formula is C17H32N2O2. The molecule has 2 fully saturated rings. The molecular weight excluding hydrogens is 264 g/mol. The number of nitrogens with two attached hydrogens (primary N) is 1. The molecule has 4 nitrogen and oxygen atoms in total. The Morgan fingerprint density at radius 3 is 2.38 bits per heavy atom. The highest BCUT2D eigenvalue weighted by molar-refractivity contribution is 5.68. The Morgan fingerprint density at radius 2 is 1.81 bits per heavy atom. The number of carbonyl (C=O) groups excluding carboxylic acids is 1. The SMILES string of the molecule is CC(C)(C)OC(=O)N1CCCC(CN)C1C1CCCCC1. The number of amides is 1. The normalized spacial score (nSPS) is 28.5. The van der Waals surface area contributed by atoms with E-state index in [1.54, 1.807) is 0 Å². The Kier molecular flexibility index (Phi) is 5.53. The number of likely N-dealkylation sites (tertiary alicyclic amines) is 1. The third-order valence-corrected chi connectivity index (χ3v) is 4.88. The number of nitrogens with zero attached hydrogens (tertiary/aromatic N) is 1. The quantitative estimate of drug-likeness (QED) is 0.848. The molecule has 0 aromatic rings. The second kappa shape index (κ2) is 6.99. The summed E-state index contributed by atoms with van der Waals surface area (Å²) in [5.74, 6) is 1.05. The predicted octanol–water partition coefficient (Wildman–Crippen LogP) is 3.54. The van der Waals surface area contributed by atoms with Gasteiger partial charge in [-0.2, -0.15) is 0 Å². The van der Waals surface area contributed by atoms with Gasteiger partial charge < -0.3 is 15.4 Å². The summed E-state index contributed by atoms with van der Waals surface area (Å²) in [4.78, 5) is 14.6. The molecule has 2 atom stereocenters. The van der Waals surface area contributed by atoms with Crippen molar-refractivity contribution in [3.8, 4) is 0 Å². The van der Waals surface area contributed by atoms with Crippen molar-refractivity contribution in [2.75, 3.05) is 13.1 Å². The number of piperidine rings is 1. The van der Waals surface area contributed by atoms with Crippen LogP contribution in [0.5, 0.6) is 0 Å². The molecule has 0 radical (unpaired) electrons. The van der Waals surface area contributed by atoms with E-state index in [-0.39, 0.29) is 6.09 Å². The average Bonchev–Trinajstić information content (AvgIpc) is 2.45. The van der Waals surface area contributed by atoms with E-state index >= 15 is 0 Å². The van der Waals surface area contributed by atoms with E-state index < -0.39 is 5.60 Å². The molecule has 21 heavy (non-hydrogen) atoms. The number of carbonyl (C=O) groups is 1. The van der Waals surface area contributed by atoms with Crippen LogP contribution in [0.1, 0.15) is 65.7 Å². The minimum absolute atomic E-state index is 0.142. The maximum absolute atomic E-state index is 12.6. The lowest BCUT2D eigenvalue weighted by molar-refractivity contribution is -0.0150. The van der Waals surface area contributed by atoms with E-state index in [4.69, 9.17) is 10.5 Å². The van der Waals surface area contributed by atoms with Crippen molar-refractivity contribution in [1.82, 2.24) is 4.90 Å². The molecule has 1 aliphatic carbocycles. The Labute approximate surface area is 129 Å². The van der Waals surface area contributed by atoms with Crippen LogP contribution in [0.3, 0.4) is 0 Å². The Morgan fingerprint density at radius 1 is 1.14 bits per heavy atom. The lowest BCUT2D eigenvalue weighted by Gasteiger charge is -2.46.